The maximum absolute atomic E-state index is 13.0. The quantitative estimate of drug-likeness (QED) is 0.517. The van der Waals surface area contributed by atoms with Gasteiger partial charge in [0.1, 0.15) is 5.01 Å². The Kier molecular flexibility index (Phi) is 6.95. The molecule has 3 rings (SSSR count). The van der Waals surface area contributed by atoms with E-state index in [1.165, 1.54) is 7.11 Å². The molecule has 0 aliphatic carbocycles. The summed E-state index contributed by atoms with van der Waals surface area (Å²) in [5.74, 6) is -0.767. The average Bonchev–Trinajstić information content (AvgIpc) is 3.39. The van der Waals surface area contributed by atoms with Gasteiger partial charge in [-0.3, -0.25) is 9.59 Å². The minimum atomic E-state index is -0.394. The third-order valence-corrected chi connectivity index (χ3v) is 6.21. The Bertz CT molecular complexity index is 907. The molecular formula is C21H22N2O3S2. The summed E-state index contributed by atoms with van der Waals surface area (Å²) in [6, 6.07) is 13.8. The molecule has 0 spiro atoms. The number of rotatable bonds is 8. The molecule has 0 N–H and O–H groups in total. The van der Waals surface area contributed by atoms with E-state index in [0.29, 0.717) is 13.1 Å². The Morgan fingerprint density at radius 1 is 1.14 bits per heavy atom. The molecule has 0 saturated heterocycles. The normalized spacial score (nSPS) is 11.8. The first-order chi connectivity index (χ1) is 13.6. The van der Waals surface area contributed by atoms with Crippen LogP contribution in [-0.4, -0.2) is 35.4 Å². The second kappa shape index (κ2) is 9.61. The molecule has 0 aliphatic rings. The van der Waals surface area contributed by atoms with Crippen molar-refractivity contribution in [3.8, 4) is 9.88 Å². The van der Waals surface area contributed by atoms with Crippen LogP contribution in [0.25, 0.3) is 9.88 Å². The van der Waals surface area contributed by atoms with Crippen LogP contribution in [0.5, 0.6) is 0 Å². The lowest BCUT2D eigenvalue weighted by atomic mass is 10.1. The molecule has 0 fully saturated rings. The molecule has 2 heterocycles. The predicted octanol–water partition coefficient (Wildman–Crippen LogP) is 4.25. The van der Waals surface area contributed by atoms with Crippen molar-refractivity contribution in [3.63, 3.8) is 0 Å². The predicted molar refractivity (Wildman–Crippen MR) is 112 cm³/mol. The van der Waals surface area contributed by atoms with Gasteiger partial charge in [0.15, 0.2) is 0 Å². The molecule has 5 nitrogen and oxygen atoms in total. The Balaban J connectivity index is 1.72. The fourth-order valence-electron chi connectivity index (χ4n) is 2.83. The summed E-state index contributed by atoms with van der Waals surface area (Å²) in [5, 5.41) is 4.87. The zero-order valence-corrected chi connectivity index (χ0v) is 17.5. The summed E-state index contributed by atoms with van der Waals surface area (Å²) in [4.78, 5) is 32.3. The first kappa shape index (κ1) is 20.2. The Hall–Kier alpha value is -2.51. The highest BCUT2D eigenvalue weighted by Crippen LogP contribution is 2.28. The van der Waals surface area contributed by atoms with E-state index < -0.39 is 5.92 Å². The molecule has 1 aromatic carbocycles. The number of methoxy groups -OCH3 is 1. The van der Waals surface area contributed by atoms with Gasteiger partial charge in [-0.25, -0.2) is 4.98 Å². The van der Waals surface area contributed by atoms with Crippen molar-refractivity contribution in [1.82, 2.24) is 9.88 Å². The van der Waals surface area contributed by atoms with Crippen LogP contribution >= 0.6 is 22.7 Å². The lowest BCUT2D eigenvalue weighted by Gasteiger charge is -2.25. The van der Waals surface area contributed by atoms with Gasteiger partial charge >= 0.3 is 5.97 Å². The lowest BCUT2D eigenvalue weighted by Crippen LogP contribution is -2.37. The van der Waals surface area contributed by atoms with Crippen molar-refractivity contribution < 1.29 is 14.3 Å². The second-order valence-corrected chi connectivity index (χ2v) is 8.29. The summed E-state index contributed by atoms with van der Waals surface area (Å²) < 4.78 is 4.82. The molecule has 1 atom stereocenters. The third-order valence-electron chi connectivity index (χ3n) is 4.28. The van der Waals surface area contributed by atoms with E-state index in [1.54, 1.807) is 34.5 Å². The van der Waals surface area contributed by atoms with Crippen molar-refractivity contribution in [3.05, 3.63) is 64.5 Å². The third kappa shape index (κ3) is 5.27. The van der Waals surface area contributed by atoms with Gasteiger partial charge < -0.3 is 9.64 Å². The van der Waals surface area contributed by atoms with Gasteiger partial charge in [0.2, 0.25) is 5.91 Å². The maximum Gasteiger partial charge on any atom is 0.310 e. The van der Waals surface area contributed by atoms with Crippen molar-refractivity contribution in [2.45, 2.75) is 19.9 Å². The van der Waals surface area contributed by atoms with Crippen LogP contribution < -0.4 is 0 Å². The highest BCUT2D eigenvalue weighted by Gasteiger charge is 2.22. The molecule has 0 bridgehead atoms. The van der Waals surface area contributed by atoms with Gasteiger partial charge in [0, 0.05) is 18.5 Å². The molecule has 1 unspecified atom stereocenters. The molecule has 3 aromatic rings. The fraction of sp³-hybridized carbons (Fsp3) is 0.286. The van der Waals surface area contributed by atoms with Crippen molar-refractivity contribution in [2.24, 2.45) is 5.92 Å². The number of carbonyl (C=O) groups is 2. The van der Waals surface area contributed by atoms with E-state index in [0.717, 1.165) is 21.1 Å². The molecule has 0 saturated carbocycles. The highest BCUT2D eigenvalue weighted by atomic mass is 32.1. The summed E-state index contributed by atoms with van der Waals surface area (Å²) >= 11 is 3.17. The molecule has 0 aliphatic heterocycles. The Labute approximate surface area is 172 Å². The summed E-state index contributed by atoms with van der Waals surface area (Å²) in [6.07, 6.45) is 0.211. The summed E-state index contributed by atoms with van der Waals surface area (Å²) in [6.45, 7) is 2.53. The standard InChI is InChI=1S/C21H22N2O3S2/c1-15(21(25)26-2)12-23(13-16-7-4-3-5-8-16)19(24)11-17-14-28-20(22-17)18-9-6-10-27-18/h3-10,14-15H,11-13H2,1-2H3. The minimum Gasteiger partial charge on any atom is -0.469 e. The van der Waals surface area contributed by atoms with Crippen LogP contribution in [0, 0.1) is 5.92 Å². The number of hydrogen-bond acceptors (Lipinski definition) is 6. The number of amides is 1. The van der Waals surface area contributed by atoms with Crippen LogP contribution in [0.3, 0.4) is 0 Å². The number of carbonyl (C=O) groups excluding carboxylic acids is 2. The number of esters is 1. The molecule has 0 radical (unpaired) electrons. The number of ether oxygens (including phenoxy) is 1. The first-order valence-electron chi connectivity index (χ1n) is 8.94. The van der Waals surface area contributed by atoms with Crippen LogP contribution in [0.4, 0.5) is 0 Å². The number of hydrogen-bond donors (Lipinski definition) is 0. The number of aromatic nitrogens is 1. The maximum atomic E-state index is 13.0. The van der Waals surface area contributed by atoms with Gasteiger partial charge in [-0.2, -0.15) is 0 Å². The van der Waals surface area contributed by atoms with E-state index in [4.69, 9.17) is 4.74 Å². The second-order valence-electron chi connectivity index (χ2n) is 6.48. The summed E-state index contributed by atoms with van der Waals surface area (Å²) in [7, 11) is 1.36. The van der Waals surface area contributed by atoms with E-state index in [9.17, 15) is 9.59 Å². The van der Waals surface area contributed by atoms with Crippen LogP contribution in [0.15, 0.2) is 53.2 Å². The topological polar surface area (TPSA) is 59.5 Å². The highest BCUT2D eigenvalue weighted by molar-refractivity contribution is 7.20. The SMILES string of the molecule is COC(=O)C(C)CN(Cc1ccccc1)C(=O)Cc1csc(-c2cccs2)n1. The van der Waals surface area contributed by atoms with Gasteiger partial charge in [0.25, 0.3) is 0 Å². The Morgan fingerprint density at radius 3 is 2.61 bits per heavy atom. The van der Waals surface area contributed by atoms with E-state index in [2.05, 4.69) is 4.98 Å². The monoisotopic (exact) mass is 414 g/mol. The van der Waals surface area contributed by atoms with E-state index >= 15 is 0 Å². The largest absolute Gasteiger partial charge is 0.469 e. The molecule has 28 heavy (non-hydrogen) atoms. The van der Waals surface area contributed by atoms with Gasteiger partial charge in [-0.15, -0.1) is 22.7 Å². The number of thiophene rings is 1. The van der Waals surface area contributed by atoms with Gasteiger partial charge in [-0.05, 0) is 17.0 Å². The molecule has 1 amide bonds. The van der Waals surface area contributed by atoms with Crippen molar-refractivity contribution in [1.29, 1.82) is 0 Å². The number of thiazole rings is 1. The van der Waals surface area contributed by atoms with Crippen molar-refractivity contribution in [2.75, 3.05) is 13.7 Å². The van der Waals surface area contributed by atoms with E-state index in [1.807, 2.05) is 53.2 Å². The van der Waals surface area contributed by atoms with Crippen LogP contribution in [0.1, 0.15) is 18.2 Å². The van der Waals surface area contributed by atoms with E-state index in [-0.39, 0.29) is 18.3 Å². The van der Waals surface area contributed by atoms with Crippen LogP contribution in [-0.2, 0) is 27.3 Å². The van der Waals surface area contributed by atoms with Gasteiger partial charge in [-0.1, -0.05) is 43.3 Å². The lowest BCUT2D eigenvalue weighted by molar-refractivity contribution is -0.146. The fourth-order valence-corrected chi connectivity index (χ4v) is 4.47. The smallest absolute Gasteiger partial charge is 0.310 e. The Morgan fingerprint density at radius 2 is 1.93 bits per heavy atom. The molecule has 146 valence electrons. The molecular weight excluding hydrogens is 392 g/mol. The number of nitrogens with zero attached hydrogens (tertiary/aromatic N) is 2. The van der Waals surface area contributed by atoms with Crippen molar-refractivity contribution >= 4 is 34.6 Å². The average molecular weight is 415 g/mol. The van der Waals surface area contributed by atoms with Gasteiger partial charge in [0.05, 0.1) is 30.0 Å². The molecule has 7 heteroatoms. The molecule has 2 aromatic heterocycles. The number of benzene rings is 1. The summed E-state index contributed by atoms with van der Waals surface area (Å²) in [5.41, 5.74) is 1.77. The zero-order valence-electron chi connectivity index (χ0n) is 15.8. The zero-order chi connectivity index (χ0) is 19.9. The van der Waals surface area contributed by atoms with Crippen LogP contribution in [0.2, 0.25) is 0 Å². The minimum absolute atomic E-state index is 0.0531. The first-order valence-corrected chi connectivity index (χ1v) is 10.7.